The highest BCUT2D eigenvalue weighted by atomic mass is 16.4. The first-order valence-corrected chi connectivity index (χ1v) is 6.71. The second kappa shape index (κ2) is 4.96. The van der Waals surface area contributed by atoms with E-state index in [0.29, 0.717) is 0 Å². The first-order chi connectivity index (χ1) is 9.65. The van der Waals surface area contributed by atoms with Crippen LogP contribution in [0.25, 0.3) is 0 Å². The van der Waals surface area contributed by atoms with Crippen LogP contribution in [0.4, 0.5) is 11.5 Å². The maximum Gasteiger partial charge on any atom is 0.337 e. The topological polar surface area (TPSA) is 53.4 Å². The van der Waals surface area contributed by atoms with Gasteiger partial charge in [-0.2, -0.15) is 0 Å². The van der Waals surface area contributed by atoms with Crippen LogP contribution in [0.1, 0.15) is 27.9 Å². The molecule has 20 heavy (non-hydrogen) atoms. The molecule has 2 heterocycles. The molecule has 0 radical (unpaired) electrons. The van der Waals surface area contributed by atoms with Gasteiger partial charge in [-0.25, -0.2) is 9.78 Å². The number of pyridine rings is 1. The molecule has 0 atom stereocenters. The summed E-state index contributed by atoms with van der Waals surface area (Å²) >= 11 is 0. The zero-order valence-corrected chi connectivity index (χ0v) is 11.3. The third-order valence-corrected chi connectivity index (χ3v) is 3.62. The number of carbonyl (C=O) groups is 1. The lowest BCUT2D eigenvalue weighted by atomic mass is 9.99. The van der Waals surface area contributed by atoms with Crippen molar-refractivity contribution in [3.63, 3.8) is 0 Å². The molecule has 0 aliphatic carbocycles. The van der Waals surface area contributed by atoms with Crippen LogP contribution in [0.5, 0.6) is 0 Å². The van der Waals surface area contributed by atoms with Gasteiger partial charge in [0, 0.05) is 18.4 Å². The minimum atomic E-state index is -0.946. The number of aryl methyl sites for hydroxylation is 2. The molecule has 4 nitrogen and oxygen atoms in total. The summed E-state index contributed by atoms with van der Waals surface area (Å²) in [4.78, 5) is 17.3. The van der Waals surface area contributed by atoms with Crippen LogP contribution in [0.3, 0.4) is 0 Å². The van der Waals surface area contributed by atoms with Crippen molar-refractivity contribution in [1.82, 2.24) is 4.98 Å². The van der Waals surface area contributed by atoms with E-state index in [1.807, 2.05) is 0 Å². The van der Waals surface area contributed by atoms with Crippen molar-refractivity contribution < 1.29 is 9.90 Å². The molecule has 102 valence electrons. The van der Waals surface area contributed by atoms with E-state index in [1.165, 1.54) is 23.0 Å². The number of benzene rings is 1. The molecule has 0 fully saturated rings. The number of hydrogen-bond acceptors (Lipinski definition) is 3. The Kier molecular flexibility index (Phi) is 3.14. The Morgan fingerprint density at radius 3 is 2.85 bits per heavy atom. The molecule has 0 bridgehead atoms. The number of aromatic nitrogens is 1. The number of nitrogens with zero attached hydrogens (tertiary/aromatic N) is 2. The number of carboxylic acid groups (broad SMARTS) is 1. The number of rotatable bonds is 2. The van der Waals surface area contributed by atoms with Gasteiger partial charge in [0.1, 0.15) is 5.82 Å². The highest BCUT2D eigenvalue weighted by Crippen LogP contribution is 2.32. The molecular formula is C16H16N2O2. The Balaban J connectivity index is 1.98. The zero-order chi connectivity index (χ0) is 14.1. The van der Waals surface area contributed by atoms with Gasteiger partial charge in [0.25, 0.3) is 0 Å². The third kappa shape index (κ3) is 2.25. The Labute approximate surface area is 117 Å². The molecule has 0 saturated carbocycles. The molecule has 0 saturated heterocycles. The van der Waals surface area contributed by atoms with Crippen molar-refractivity contribution in [3.05, 3.63) is 53.2 Å². The summed E-state index contributed by atoms with van der Waals surface area (Å²) in [6.45, 7) is 3.01. The van der Waals surface area contributed by atoms with Gasteiger partial charge in [-0.1, -0.05) is 17.7 Å². The molecular weight excluding hydrogens is 252 g/mol. The van der Waals surface area contributed by atoms with Gasteiger partial charge < -0.3 is 10.0 Å². The van der Waals surface area contributed by atoms with Crippen LogP contribution in [-0.4, -0.2) is 22.6 Å². The van der Waals surface area contributed by atoms with Crippen molar-refractivity contribution in [1.29, 1.82) is 0 Å². The maximum atomic E-state index is 10.9. The molecule has 4 heteroatoms. The number of anilines is 2. The number of aromatic carboxylic acids is 1. The van der Waals surface area contributed by atoms with Crippen molar-refractivity contribution in [3.8, 4) is 0 Å². The Bertz CT molecular complexity index is 650. The highest BCUT2D eigenvalue weighted by Gasteiger charge is 2.19. The largest absolute Gasteiger partial charge is 0.478 e. The summed E-state index contributed by atoms with van der Waals surface area (Å²) in [6, 6.07) is 9.82. The SMILES string of the molecule is Cc1ccc2c(c1)CCCN2c1ccc(C(=O)O)cn1. The van der Waals surface area contributed by atoms with Gasteiger partial charge in [-0.15, -0.1) is 0 Å². The Hall–Kier alpha value is -2.36. The lowest BCUT2D eigenvalue weighted by Gasteiger charge is -2.30. The minimum Gasteiger partial charge on any atom is -0.478 e. The van der Waals surface area contributed by atoms with Gasteiger partial charge in [-0.05, 0) is 43.5 Å². The molecule has 0 amide bonds. The minimum absolute atomic E-state index is 0.217. The zero-order valence-electron chi connectivity index (χ0n) is 11.3. The summed E-state index contributed by atoms with van der Waals surface area (Å²) in [6.07, 6.45) is 3.58. The van der Waals surface area contributed by atoms with E-state index in [1.54, 1.807) is 12.1 Å². The van der Waals surface area contributed by atoms with Gasteiger partial charge >= 0.3 is 5.97 Å². The second-order valence-electron chi connectivity index (χ2n) is 5.10. The van der Waals surface area contributed by atoms with Gasteiger partial charge in [0.15, 0.2) is 0 Å². The molecule has 1 N–H and O–H groups in total. The van der Waals surface area contributed by atoms with Crippen LogP contribution in [0.2, 0.25) is 0 Å². The Morgan fingerprint density at radius 2 is 2.15 bits per heavy atom. The van der Waals surface area contributed by atoms with Crippen LogP contribution >= 0.6 is 0 Å². The summed E-state index contributed by atoms with van der Waals surface area (Å²) in [5.74, 6) is -0.140. The highest BCUT2D eigenvalue weighted by molar-refractivity contribution is 5.87. The quantitative estimate of drug-likeness (QED) is 0.909. The van der Waals surface area contributed by atoms with Crippen LogP contribution in [0.15, 0.2) is 36.5 Å². The van der Waals surface area contributed by atoms with Crippen molar-refractivity contribution >= 4 is 17.5 Å². The van der Waals surface area contributed by atoms with Gasteiger partial charge in [0.2, 0.25) is 0 Å². The number of hydrogen-bond donors (Lipinski definition) is 1. The fourth-order valence-corrected chi connectivity index (χ4v) is 2.64. The van der Waals surface area contributed by atoms with Crippen LogP contribution in [0, 0.1) is 6.92 Å². The first-order valence-electron chi connectivity index (χ1n) is 6.71. The van der Waals surface area contributed by atoms with E-state index >= 15 is 0 Å². The van der Waals surface area contributed by atoms with E-state index in [0.717, 1.165) is 25.2 Å². The smallest absolute Gasteiger partial charge is 0.337 e. The average Bonchev–Trinajstić information content (AvgIpc) is 2.46. The molecule has 2 aromatic rings. The maximum absolute atomic E-state index is 10.9. The third-order valence-electron chi connectivity index (χ3n) is 3.62. The standard InChI is InChI=1S/C16H16N2O2/c1-11-4-6-14-12(9-11)3-2-8-18(14)15-7-5-13(10-17-15)16(19)20/h4-7,9-10H,2-3,8H2,1H3,(H,19,20). The average molecular weight is 268 g/mol. The van der Waals surface area contributed by atoms with E-state index < -0.39 is 5.97 Å². The summed E-state index contributed by atoms with van der Waals surface area (Å²) < 4.78 is 0. The van der Waals surface area contributed by atoms with Crippen molar-refractivity contribution in [2.45, 2.75) is 19.8 Å². The van der Waals surface area contributed by atoms with Crippen LogP contribution in [-0.2, 0) is 6.42 Å². The predicted molar refractivity (Wildman–Crippen MR) is 77.7 cm³/mol. The molecule has 1 aliphatic rings. The molecule has 0 unspecified atom stereocenters. The van der Waals surface area contributed by atoms with Crippen molar-refractivity contribution in [2.24, 2.45) is 0 Å². The fraction of sp³-hybridized carbons (Fsp3) is 0.250. The molecule has 3 rings (SSSR count). The van der Waals surface area contributed by atoms with E-state index in [4.69, 9.17) is 5.11 Å². The normalized spacial score (nSPS) is 13.9. The van der Waals surface area contributed by atoms with Crippen molar-refractivity contribution in [2.75, 3.05) is 11.4 Å². The predicted octanol–water partition coefficient (Wildman–Crippen LogP) is 3.17. The molecule has 1 aromatic heterocycles. The fourth-order valence-electron chi connectivity index (χ4n) is 2.64. The van der Waals surface area contributed by atoms with E-state index in [9.17, 15) is 4.79 Å². The summed E-state index contributed by atoms with van der Waals surface area (Å²) in [7, 11) is 0. The number of fused-ring (bicyclic) bond motifs is 1. The van der Waals surface area contributed by atoms with E-state index in [2.05, 4.69) is 35.0 Å². The summed E-state index contributed by atoms with van der Waals surface area (Å²) in [5, 5.41) is 8.92. The van der Waals surface area contributed by atoms with E-state index in [-0.39, 0.29) is 5.56 Å². The number of carboxylic acids is 1. The first kappa shape index (κ1) is 12.7. The Morgan fingerprint density at radius 1 is 1.30 bits per heavy atom. The monoisotopic (exact) mass is 268 g/mol. The summed E-state index contributed by atoms with van der Waals surface area (Å²) in [5.41, 5.74) is 3.99. The molecule has 0 spiro atoms. The van der Waals surface area contributed by atoms with Crippen LogP contribution < -0.4 is 4.90 Å². The molecule has 1 aromatic carbocycles. The lowest BCUT2D eigenvalue weighted by Crippen LogP contribution is -2.25. The lowest BCUT2D eigenvalue weighted by molar-refractivity contribution is 0.0696. The van der Waals surface area contributed by atoms with Gasteiger partial charge in [0.05, 0.1) is 5.56 Å². The van der Waals surface area contributed by atoms with Gasteiger partial charge in [-0.3, -0.25) is 0 Å². The molecule has 1 aliphatic heterocycles. The second-order valence-corrected chi connectivity index (χ2v) is 5.10.